The molecule has 0 heterocycles. The molecule has 2 nitrogen and oxygen atoms in total. The number of hydrogen-bond donors (Lipinski definition) is 0. The molecule has 0 bridgehead atoms. The van der Waals surface area contributed by atoms with E-state index < -0.39 is 0 Å². The van der Waals surface area contributed by atoms with Crippen LogP contribution in [-0.2, 0) is 9.59 Å². The number of rotatable bonds is 2. The first-order valence-corrected chi connectivity index (χ1v) is 2.12. The van der Waals surface area contributed by atoms with Crippen molar-refractivity contribution in [3.63, 3.8) is 0 Å². The average Bonchev–Trinajstić information content (AvgIpc) is 1.27. The van der Waals surface area contributed by atoms with Gasteiger partial charge in [-0.2, -0.15) is 0 Å². The summed E-state index contributed by atoms with van der Waals surface area (Å²) >= 11 is 1.40. The molecule has 0 saturated heterocycles. The molecule has 7 heavy (non-hydrogen) atoms. The monoisotopic (exact) mass is 92.0 g/mol. The predicted octanol–water partition coefficient (Wildman–Crippen LogP) is -0.339. The van der Waals surface area contributed by atoms with E-state index in [4.69, 9.17) is 0 Å². The molecule has 0 fully saturated rings. The van der Waals surface area contributed by atoms with Gasteiger partial charge in [-0.15, -0.1) is 0 Å². The second-order valence-electron chi connectivity index (χ2n) is 1.58. The molecule has 0 aromatic heterocycles. The molecule has 0 saturated carbocycles. The van der Waals surface area contributed by atoms with Crippen LogP contribution in [0.25, 0.3) is 0 Å². The maximum absolute atomic E-state index is 10.0. The van der Waals surface area contributed by atoms with Gasteiger partial charge in [0.05, 0.1) is 0 Å². The predicted molar refractivity (Wildman–Crippen MR) is 26.1 cm³/mol. The second kappa shape index (κ2) is 3.01. The number of ketones is 1. The van der Waals surface area contributed by atoms with Gasteiger partial charge >= 0.3 is 50.9 Å². The zero-order chi connectivity index (χ0) is 5.86. The molecule has 0 aliphatic carbocycles. The first-order chi connectivity index (χ1) is 3.13. The first kappa shape index (κ1) is 6.94. The van der Waals surface area contributed by atoms with Gasteiger partial charge in [0.15, 0.2) is 0 Å². The molecule has 3 heteroatoms. The summed E-state index contributed by atoms with van der Waals surface area (Å²) in [5.41, 5.74) is 0. The van der Waals surface area contributed by atoms with Crippen LogP contribution in [0.1, 0.15) is 13.3 Å². The Hall–Kier alpha value is -0.0626. The Balaban J connectivity index is 3.32. The van der Waals surface area contributed by atoms with Crippen LogP contribution in [0.5, 0.6) is 0 Å². The van der Waals surface area contributed by atoms with E-state index in [-0.39, 0.29) is 16.7 Å². The SMILES string of the molecule is [Li][C](=O)CC(C)=O. The summed E-state index contributed by atoms with van der Waals surface area (Å²) in [6, 6.07) is 0. The fourth-order valence-corrected chi connectivity index (χ4v) is 0.351. The molecular formula is C4H5LiO2. The topological polar surface area (TPSA) is 34.1 Å². The van der Waals surface area contributed by atoms with E-state index in [0.29, 0.717) is 0 Å². The van der Waals surface area contributed by atoms with Gasteiger partial charge in [-0.25, -0.2) is 0 Å². The fraction of sp³-hybridized carbons (Fsp3) is 0.500. The summed E-state index contributed by atoms with van der Waals surface area (Å²) in [6.45, 7) is 1.40. The fourth-order valence-electron chi connectivity index (χ4n) is 0.351. The molecule has 34 valence electrons. The van der Waals surface area contributed by atoms with Crippen LogP contribution in [0.2, 0.25) is 0 Å². The van der Waals surface area contributed by atoms with Crippen LogP contribution >= 0.6 is 0 Å². The van der Waals surface area contributed by atoms with Gasteiger partial charge in [0, 0.05) is 0 Å². The second-order valence-corrected chi connectivity index (χ2v) is 1.58. The molecule has 0 aromatic rings. The molecule has 0 aliphatic heterocycles. The van der Waals surface area contributed by atoms with Crippen LogP contribution < -0.4 is 0 Å². The molecule has 0 amide bonds. The zero-order valence-corrected chi connectivity index (χ0v) is 4.52. The summed E-state index contributed by atoms with van der Waals surface area (Å²) in [4.78, 5) is 20.1. The molecule has 0 atom stereocenters. The molecule has 0 aromatic carbocycles. The van der Waals surface area contributed by atoms with E-state index in [0.717, 1.165) is 0 Å². The summed E-state index contributed by atoms with van der Waals surface area (Å²) in [6.07, 6.45) is 0.0833. The van der Waals surface area contributed by atoms with Gasteiger partial charge < -0.3 is 0 Å². The summed E-state index contributed by atoms with van der Waals surface area (Å²) in [7, 11) is 0. The van der Waals surface area contributed by atoms with Crippen molar-refractivity contribution < 1.29 is 9.59 Å². The molecule has 0 N–H and O–H groups in total. The summed E-state index contributed by atoms with van der Waals surface area (Å²) in [5.74, 6) is -0.0625. The third-order valence-corrected chi connectivity index (χ3v) is 0.498. The molecule has 0 aliphatic rings. The minimum absolute atomic E-state index is 0.0625. The van der Waals surface area contributed by atoms with Crippen LogP contribution in [0.4, 0.5) is 0 Å². The normalized spacial score (nSPS) is 8.43. The average molecular weight is 92.0 g/mol. The number of carbonyl (C=O) groups is 2. The van der Waals surface area contributed by atoms with E-state index in [1.807, 2.05) is 0 Å². The number of hydrogen-bond acceptors (Lipinski definition) is 2. The summed E-state index contributed by atoms with van der Waals surface area (Å²) in [5, 5.41) is 0. The van der Waals surface area contributed by atoms with Crippen molar-refractivity contribution >= 4 is 28.0 Å². The van der Waals surface area contributed by atoms with Crippen molar-refractivity contribution in [3.8, 4) is 0 Å². The maximum atomic E-state index is 10.0. The zero-order valence-electron chi connectivity index (χ0n) is 4.52. The van der Waals surface area contributed by atoms with E-state index in [2.05, 4.69) is 0 Å². The third-order valence-electron chi connectivity index (χ3n) is 0.498. The number of Topliss-reactive ketones (excluding diaryl/α,β-unsaturated/α-hetero) is 1. The third kappa shape index (κ3) is 5.94. The molecule has 0 spiro atoms. The van der Waals surface area contributed by atoms with Gasteiger partial charge in [0.1, 0.15) is 0 Å². The number of carbonyl (C=O) groups excluding carboxylic acids is 2. The van der Waals surface area contributed by atoms with Crippen molar-refractivity contribution in [1.29, 1.82) is 0 Å². The standard InChI is InChI=1S/C4H5O2.Li/c1-4(6)2-3-5;/h2H2,1H3;. The molecule has 0 rings (SSSR count). The van der Waals surface area contributed by atoms with Crippen molar-refractivity contribution in [2.75, 3.05) is 0 Å². The van der Waals surface area contributed by atoms with Crippen LogP contribution in [-0.4, -0.2) is 28.0 Å². The van der Waals surface area contributed by atoms with Crippen LogP contribution in [0.15, 0.2) is 0 Å². The summed E-state index contributed by atoms with van der Waals surface area (Å²) < 4.78 is -0.0625. The Morgan fingerprint density at radius 1 is 1.57 bits per heavy atom. The Kier molecular flexibility index (Phi) is 2.98. The Morgan fingerprint density at radius 3 is 2.00 bits per heavy atom. The van der Waals surface area contributed by atoms with Gasteiger partial charge in [-0.3, -0.25) is 0 Å². The van der Waals surface area contributed by atoms with E-state index in [1.165, 1.54) is 24.6 Å². The Bertz CT molecular complexity index is 85.9. The molecule has 0 unspecified atom stereocenters. The first-order valence-electron chi connectivity index (χ1n) is 2.12. The van der Waals surface area contributed by atoms with Crippen LogP contribution in [0.3, 0.4) is 0 Å². The van der Waals surface area contributed by atoms with Crippen molar-refractivity contribution in [1.82, 2.24) is 0 Å². The van der Waals surface area contributed by atoms with Crippen LogP contribution in [0, 0.1) is 0 Å². The van der Waals surface area contributed by atoms with E-state index in [1.54, 1.807) is 0 Å². The van der Waals surface area contributed by atoms with E-state index in [9.17, 15) is 9.59 Å². The Labute approximate surface area is 51.5 Å². The quantitative estimate of drug-likeness (QED) is 0.345. The van der Waals surface area contributed by atoms with Gasteiger partial charge in [-0.05, 0) is 0 Å². The van der Waals surface area contributed by atoms with E-state index >= 15 is 0 Å². The molecular weight excluding hydrogens is 87.0 g/mol. The van der Waals surface area contributed by atoms with Gasteiger partial charge in [0.2, 0.25) is 0 Å². The Morgan fingerprint density at radius 2 is 2.00 bits per heavy atom. The van der Waals surface area contributed by atoms with Crippen molar-refractivity contribution in [2.45, 2.75) is 13.3 Å². The van der Waals surface area contributed by atoms with Crippen molar-refractivity contribution in [2.24, 2.45) is 0 Å². The van der Waals surface area contributed by atoms with Gasteiger partial charge in [-0.1, -0.05) is 0 Å². The molecule has 0 radical (unpaired) electrons. The van der Waals surface area contributed by atoms with Crippen molar-refractivity contribution in [3.05, 3.63) is 0 Å². The minimum atomic E-state index is -0.0625. The van der Waals surface area contributed by atoms with Gasteiger partial charge in [0.25, 0.3) is 0 Å².